The summed E-state index contributed by atoms with van der Waals surface area (Å²) in [6, 6.07) is 3.94. The van der Waals surface area contributed by atoms with Gasteiger partial charge in [0, 0.05) is 24.8 Å². The van der Waals surface area contributed by atoms with E-state index in [1.54, 1.807) is 6.33 Å². The van der Waals surface area contributed by atoms with Crippen molar-refractivity contribution in [2.45, 2.75) is 13.0 Å². The van der Waals surface area contributed by atoms with Gasteiger partial charge in [-0.2, -0.15) is 0 Å². The van der Waals surface area contributed by atoms with Gasteiger partial charge in [0.05, 0.1) is 6.54 Å². The first kappa shape index (κ1) is 13.3. The maximum atomic E-state index is 10.6. The van der Waals surface area contributed by atoms with E-state index in [4.69, 9.17) is 5.11 Å². The summed E-state index contributed by atoms with van der Waals surface area (Å²) < 4.78 is 3.78. The van der Waals surface area contributed by atoms with Gasteiger partial charge in [-0.15, -0.1) is 10.2 Å². The molecule has 1 aliphatic rings. The van der Waals surface area contributed by atoms with E-state index in [-0.39, 0.29) is 6.42 Å². The number of hydrogen-bond acceptors (Lipinski definition) is 4. The molecule has 7 heteroatoms. The molecule has 21 heavy (non-hydrogen) atoms. The highest BCUT2D eigenvalue weighted by Gasteiger charge is 2.19. The standard InChI is InChI=1S/C14H15N5O2/c1-17-6-4-12(14-16-15-10-19(14)17)11-2-7-18(8-3-11)9-5-13(20)21/h2-4,7-8,10H,5-6,9H2,1H3/p+1. The average Bonchev–Trinajstić information content (AvgIpc) is 2.97. The van der Waals surface area contributed by atoms with Gasteiger partial charge < -0.3 is 10.1 Å². The molecular formula is C14H16N5O2+. The molecule has 0 radical (unpaired) electrons. The van der Waals surface area contributed by atoms with Crippen LogP contribution in [0.2, 0.25) is 0 Å². The highest BCUT2D eigenvalue weighted by molar-refractivity contribution is 5.77. The zero-order valence-electron chi connectivity index (χ0n) is 11.7. The van der Waals surface area contributed by atoms with Gasteiger partial charge in [-0.25, -0.2) is 9.24 Å². The number of aryl methyl sites for hydroxylation is 1. The third kappa shape index (κ3) is 2.62. The largest absolute Gasteiger partial charge is 0.481 e. The van der Waals surface area contributed by atoms with E-state index in [0.29, 0.717) is 6.54 Å². The average molecular weight is 286 g/mol. The molecule has 1 N–H and O–H groups in total. The summed E-state index contributed by atoms with van der Waals surface area (Å²) >= 11 is 0. The molecule has 0 fully saturated rings. The van der Waals surface area contributed by atoms with E-state index < -0.39 is 5.97 Å². The minimum absolute atomic E-state index is 0.117. The summed E-state index contributed by atoms with van der Waals surface area (Å²) in [5.41, 5.74) is 2.08. The molecular weight excluding hydrogens is 270 g/mol. The van der Waals surface area contributed by atoms with Crippen LogP contribution in [0.1, 0.15) is 17.8 Å². The quantitative estimate of drug-likeness (QED) is 0.804. The normalized spacial score (nSPS) is 13.8. The second kappa shape index (κ2) is 5.35. The predicted molar refractivity (Wildman–Crippen MR) is 75.0 cm³/mol. The fraction of sp³-hybridized carbons (Fsp3) is 0.286. The maximum Gasteiger partial charge on any atom is 0.309 e. The first-order valence-electron chi connectivity index (χ1n) is 6.68. The van der Waals surface area contributed by atoms with E-state index >= 15 is 0 Å². The Bertz CT molecular complexity index is 690. The number of fused-ring (bicyclic) bond motifs is 1. The van der Waals surface area contributed by atoms with E-state index in [9.17, 15) is 4.79 Å². The summed E-state index contributed by atoms with van der Waals surface area (Å²) in [4.78, 5) is 10.6. The highest BCUT2D eigenvalue weighted by Crippen LogP contribution is 2.23. The van der Waals surface area contributed by atoms with Gasteiger partial charge in [-0.05, 0) is 5.56 Å². The molecule has 2 aromatic rings. The molecule has 0 atom stereocenters. The van der Waals surface area contributed by atoms with Crippen LogP contribution in [0.5, 0.6) is 0 Å². The maximum absolute atomic E-state index is 10.6. The van der Waals surface area contributed by atoms with E-state index in [1.807, 2.05) is 45.8 Å². The lowest BCUT2D eigenvalue weighted by Crippen LogP contribution is -2.35. The Hall–Kier alpha value is -2.70. The molecule has 0 aliphatic carbocycles. The first-order chi connectivity index (χ1) is 10.1. The zero-order chi connectivity index (χ0) is 14.8. The molecule has 0 saturated heterocycles. The number of likely N-dealkylation sites (N-methyl/N-ethyl adjacent to an activating group) is 1. The number of carboxylic acids is 1. The lowest BCUT2D eigenvalue weighted by Gasteiger charge is -2.25. The summed E-state index contributed by atoms with van der Waals surface area (Å²) in [5, 5.41) is 18.8. The van der Waals surface area contributed by atoms with E-state index in [2.05, 4.69) is 16.3 Å². The third-order valence-electron chi connectivity index (χ3n) is 3.48. The first-order valence-corrected chi connectivity index (χ1v) is 6.68. The second-order valence-electron chi connectivity index (χ2n) is 4.93. The van der Waals surface area contributed by atoms with Crippen molar-refractivity contribution in [3.63, 3.8) is 0 Å². The van der Waals surface area contributed by atoms with Gasteiger partial charge in [0.2, 0.25) is 0 Å². The van der Waals surface area contributed by atoms with Crippen molar-refractivity contribution in [2.24, 2.45) is 0 Å². The fourth-order valence-electron chi connectivity index (χ4n) is 2.32. The summed E-state index contributed by atoms with van der Waals surface area (Å²) in [5.74, 6) is 0.0183. The molecule has 0 aromatic carbocycles. The van der Waals surface area contributed by atoms with Crippen molar-refractivity contribution >= 4 is 11.5 Å². The molecule has 0 bridgehead atoms. The van der Waals surface area contributed by atoms with Crippen molar-refractivity contribution in [3.05, 3.63) is 48.3 Å². The number of hydrogen-bond donors (Lipinski definition) is 1. The number of carboxylic acid groups (broad SMARTS) is 1. The van der Waals surface area contributed by atoms with Gasteiger partial charge in [0.25, 0.3) is 0 Å². The Morgan fingerprint density at radius 3 is 2.90 bits per heavy atom. The molecule has 0 spiro atoms. The number of rotatable bonds is 4. The van der Waals surface area contributed by atoms with Crippen LogP contribution in [0.3, 0.4) is 0 Å². The minimum atomic E-state index is -0.794. The highest BCUT2D eigenvalue weighted by atomic mass is 16.4. The van der Waals surface area contributed by atoms with Crippen LogP contribution in [-0.4, -0.2) is 39.5 Å². The van der Waals surface area contributed by atoms with Crippen molar-refractivity contribution in [2.75, 3.05) is 18.6 Å². The van der Waals surface area contributed by atoms with Gasteiger partial charge in [-0.1, -0.05) is 6.08 Å². The Balaban J connectivity index is 1.84. The minimum Gasteiger partial charge on any atom is -0.481 e. The van der Waals surface area contributed by atoms with E-state index in [1.165, 1.54) is 0 Å². The molecule has 3 heterocycles. The van der Waals surface area contributed by atoms with Crippen LogP contribution in [0.15, 0.2) is 36.9 Å². The molecule has 0 unspecified atom stereocenters. The topological polar surface area (TPSA) is 75.1 Å². The molecule has 3 rings (SSSR count). The van der Waals surface area contributed by atoms with Crippen molar-refractivity contribution in [3.8, 4) is 0 Å². The van der Waals surface area contributed by atoms with Gasteiger partial charge >= 0.3 is 5.97 Å². The SMILES string of the molecule is CN1CC=C(c2cc[n+](CCC(=O)O)cc2)c2nncn21. The Kier molecular flexibility index (Phi) is 3.39. The van der Waals surface area contributed by atoms with Crippen LogP contribution in [0, 0.1) is 0 Å². The molecule has 2 aromatic heterocycles. The number of nitrogens with zero attached hydrogens (tertiary/aromatic N) is 5. The smallest absolute Gasteiger partial charge is 0.309 e. The third-order valence-corrected chi connectivity index (χ3v) is 3.48. The Morgan fingerprint density at radius 2 is 2.19 bits per heavy atom. The summed E-state index contributed by atoms with van der Waals surface area (Å²) in [6.45, 7) is 1.25. The molecule has 1 aliphatic heterocycles. The van der Waals surface area contributed by atoms with Gasteiger partial charge in [0.15, 0.2) is 24.8 Å². The van der Waals surface area contributed by atoms with Crippen LogP contribution in [0.25, 0.3) is 5.57 Å². The lowest BCUT2D eigenvalue weighted by molar-refractivity contribution is -0.696. The van der Waals surface area contributed by atoms with E-state index in [0.717, 1.165) is 23.5 Å². The summed E-state index contributed by atoms with van der Waals surface area (Å²) in [6.07, 6.45) is 7.70. The van der Waals surface area contributed by atoms with Gasteiger partial charge in [-0.3, -0.25) is 4.79 Å². The van der Waals surface area contributed by atoms with Crippen LogP contribution in [-0.2, 0) is 11.3 Å². The molecule has 0 amide bonds. The zero-order valence-corrected chi connectivity index (χ0v) is 11.7. The van der Waals surface area contributed by atoms with Crippen LogP contribution in [0.4, 0.5) is 0 Å². The second-order valence-corrected chi connectivity index (χ2v) is 4.93. The number of pyridine rings is 1. The molecule has 0 saturated carbocycles. The Labute approximate surface area is 121 Å². The molecule has 7 nitrogen and oxygen atoms in total. The van der Waals surface area contributed by atoms with Crippen molar-refractivity contribution < 1.29 is 14.5 Å². The number of aliphatic carboxylic acids is 1. The molecule has 108 valence electrons. The van der Waals surface area contributed by atoms with Crippen molar-refractivity contribution in [1.82, 2.24) is 14.9 Å². The number of aromatic nitrogens is 4. The van der Waals surface area contributed by atoms with Crippen LogP contribution < -0.4 is 9.58 Å². The summed E-state index contributed by atoms with van der Waals surface area (Å²) in [7, 11) is 1.98. The van der Waals surface area contributed by atoms with Crippen molar-refractivity contribution in [1.29, 1.82) is 0 Å². The fourth-order valence-corrected chi connectivity index (χ4v) is 2.32. The number of carbonyl (C=O) groups is 1. The monoisotopic (exact) mass is 286 g/mol. The Morgan fingerprint density at radius 1 is 1.43 bits per heavy atom. The predicted octanol–water partition coefficient (Wildman–Crippen LogP) is 0.0534. The van der Waals surface area contributed by atoms with Crippen LogP contribution >= 0.6 is 0 Å². The lowest BCUT2D eigenvalue weighted by atomic mass is 10.1. The van der Waals surface area contributed by atoms with Gasteiger partial charge in [0.1, 0.15) is 12.7 Å².